The smallest absolute Gasteiger partial charge is 0.0254 e. The summed E-state index contributed by atoms with van der Waals surface area (Å²) in [5.74, 6) is 0.763. The molecular formula is C13H18N2. The lowest BCUT2D eigenvalue weighted by Crippen LogP contribution is -2.37. The second-order valence-corrected chi connectivity index (χ2v) is 4.90. The average molecular weight is 202 g/mol. The third kappa shape index (κ3) is 1.58. The van der Waals surface area contributed by atoms with Gasteiger partial charge in [-0.15, -0.1) is 0 Å². The number of rotatable bonds is 2. The lowest BCUT2D eigenvalue weighted by Gasteiger charge is -2.26. The zero-order valence-electron chi connectivity index (χ0n) is 8.97. The van der Waals surface area contributed by atoms with Gasteiger partial charge in [-0.3, -0.25) is 4.90 Å². The highest BCUT2D eigenvalue weighted by Gasteiger charge is 2.44. The normalized spacial score (nSPS) is 34.9. The van der Waals surface area contributed by atoms with Gasteiger partial charge in [0.25, 0.3) is 0 Å². The Bertz CT molecular complexity index is 336. The van der Waals surface area contributed by atoms with Crippen LogP contribution in [0.15, 0.2) is 30.3 Å². The molecule has 1 saturated heterocycles. The number of hydrogen-bond donors (Lipinski definition) is 1. The first kappa shape index (κ1) is 9.37. The lowest BCUT2D eigenvalue weighted by atomic mass is 10.1. The van der Waals surface area contributed by atoms with Crippen molar-refractivity contribution in [1.82, 2.24) is 4.90 Å². The predicted molar refractivity (Wildman–Crippen MR) is 61.3 cm³/mol. The summed E-state index contributed by atoms with van der Waals surface area (Å²) >= 11 is 0. The number of benzene rings is 1. The maximum absolute atomic E-state index is 6.19. The van der Waals surface area contributed by atoms with Crippen LogP contribution in [0.3, 0.4) is 0 Å². The van der Waals surface area contributed by atoms with Gasteiger partial charge in [0.1, 0.15) is 0 Å². The molecule has 2 bridgehead atoms. The van der Waals surface area contributed by atoms with Crippen LogP contribution in [0.4, 0.5) is 0 Å². The van der Waals surface area contributed by atoms with Crippen LogP contribution in [0.1, 0.15) is 18.4 Å². The Morgan fingerprint density at radius 3 is 2.60 bits per heavy atom. The summed E-state index contributed by atoms with van der Waals surface area (Å²) in [6.45, 7) is 2.29. The highest BCUT2D eigenvalue weighted by Crippen LogP contribution is 2.37. The Morgan fingerprint density at radius 1 is 1.20 bits per heavy atom. The second kappa shape index (κ2) is 3.62. The third-order valence-electron chi connectivity index (χ3n) is 3.99. The molecule has 2 fully saturated rings. The molecule has 3 atom stereocenters. The number of fused-ring (bicyclic) bond motifs is 2. The molecule has 0 amide bonds. The van der Waals surface area contributed by atoms with E-state index in [1.54, 1.807) is 0 Å². The quantitative estimate of drug-likeness (QED) is 0.789. The number of likely N-dealkylation sites (tertiary alicyclic amines) is 1. The van der Waals surface area contributed by atoms with Gasteiger partial charge in [-0.05, 0) is 24.3 Å². The van der Waals surface area contributed by atoms with Gasteiger partial charge in [0.05, 0.1) is 0 Å². The summed E-state index contributed by atoms with van der Waals surface area (Å²) in [7, 11) is 0. The topological polar surface area (TPSA) is 29.3 Å². The van der Waals surface area contributed by atoms with Crippen LogP contribution in [0.2, 0.25) is 0 Å². The zero-order valence-corrected chi connectivity index (χ0v) is 8.97. The van der Waals surface area contributed by atoms with Crippen molar-refractivity contribution in [2.24, 2.45) is 11.7 Å². The van der Waals surface area contributed by atoms with Crippen molar-refractivity contribution < 1.29 is 0 Å². The van der Waals surface area contributed by atoms with Gasteiger partial charge in [-0.25, -0.2) is 0 Å². The van der Waals surface area contributed by atoms with E-state index in [-0.39, 0.29) is 0 Å². The van der Waals surface area contributed by atoms with Crippen LogP contribution in [-0.4, -0.2) is 23.5 Å². The van der Waals surface area contributed by atoms with Gasteiger partial charge in [0.15, 0.2) is 0 Å². The lowest BCUT2D eigenvalue weighted by molar-refractivity contribution is 0.203. The number of piperidine rings is 1. The van der Waals surface area contributed by atoms with Crippen LogP contribution < -0.4 is 5.73 Å². The van der Waals surface area contributed by atoms with Crippen molar-refractivity contribution in [2.75, 3.05) is 6.54 Å². The first-order valence-corrected chi connectivity index (χ1v) is 5.88. The van der Waals surface area contributed by atoms with Gasteiger partial charge in [0, 0.05) is 25.2 Å². The fourth-order valence-electron chi connectivity index (χ4n) is 3.16. The van der Waals surface area contributed by atoms with Crippen molar-refractivity contribution in [3.8, 4) is 0 Å². The molecule has 80 valence electrons. The van der Waals surface area contributed by atoms with Crippen molar-refractivity contribution in [3.05, 3.63) is 35.9 Å². The van der Waals surface area contributed by atoms with Crippen molar-refractivity contribution in [1.29, 1.82) is 0 Å². The molecule has 0 spiro atoms. The Labute approximate surface area is 91.1 Å². The van der Waals surface area contributed by atoms with Gasteiger partial charge in [-0.1, -0.05) is 30.3 Å². The number of nitrogens with two attached hydrogens (primary N) is 1. The van der Waals surface area contributed by atoms with Gasteiger partial charge in [-0.2, -0.15) is 0 Å². The molecule has 1 heterocycles. The largest absolute Gasteiger partial charge is 0.326 e. The molecule has 1 aliphatic carbocycles. The van der Waals surface area contributed by atoms with Crippen molar-refractivity contribution in [3.63, 3.8) is 0 Å². The van der Waals surface area contributed by atoms with Crippen molar-refractivity contribution >= 4 is 0 Å². The molecule has 2 aliphatic rings. The molecular weight excluding hydrogens is 184 g/mol. The van der Waals surface area contributed by atoms with E-state index in [0.29, 0.717) is 12.1 Å². The van der Waals surface area contributed by atoms with Crippen LogP contribution in [-0.2, 0) is 6.54 Å². The molecule has 1 aromatic carbocycles. The highest BCUT2D eigenvalue weighted by molar-refractivity contribution is 5.16. The van der Waals surface area contributed by atoms with E-state index in [1.807, 2.05) is 0 Å². The molecule has 0 unspecified atom stereocenters. The number of hydrogen-bond acceptors (Lipinski definition) is 2. The van der Waals surface area contributed by atoms with E-state index in [0.717, 1.165) is 12.5 Å². The Morgan fingerprint density at radius 2 is 2.00 bits per heavy atom. The standard InChI is InChI=1S/C13H18N2/c14-13-11-6-7-12(13)15(9-11)8-10-4-2-1-3-5-10/h1-5,11-13H,6-9,14H2/t11-,12+,13-/m0/s1. The summed E-state index contributed by atoms with van der Waals surface area (Å²) in [6.07, 6.45) is 2.65. The third-order valence-corrected chi connectivity index (χ3v) is 3.99. The zero-order chi connectivity index (χ0) is 10.3. The van der Waals surface area contributed by atoms with E-state index in [2.05, 4.69) is 35.2 Å². The molecule has 0 aromatic heterocycles. The SMILES string of the molecule is N[C@H]1[C@H]2CC[C@H]1N(Cc1ccccc1)C2. The fraction of sp³-hybridized carbons (Fsp3) is 0.538. The fourth-order valence-corrected chi connectivity index (χ4v) is 3.16. The Hall–Kier alpha value is -0.860. The van der Waals surface area contributed by atoms with E-state index in [1.165, 1.54) is 24.9 Å². The minimum Gasteiger partial charge on any atom is -0.326 e. The number of nitrogens with zero attached hydrogens (tertiary/aromatic N) is 1. The second-order valence-electron chi connectivity index (χ2n) is 4.90. The van der Waals surface area contributed by atoms with Crippen LogP contribution >= 0.6 is 0 Å². The minimum absolute atomic E-state index is 0.439. The van der Waals surface area contributed by atoms with Crippen LogP contribution in [0.5, 0.6) is 0 Å². The maximum atomic E-state index is 6.19. The summed E-state index contributed by atoms with van der Waals surface area (Å²) < 4.78 is 0. The monoisotopic (exact) mass is 202 g/mol. The molecule has 2 N–H and O–H groups in total. The first-order chi connectivity index (χ1) is 7.34. The van der Waals surface area contributed by atoms with Crippen molar-refractivity contribution in [2.45, 2.75) is 31.5 Å². The Kier molecular flexibility index (Phi) is 2.26. The summed E-state index contributed by atoms with van der Waals surface area (Å²) in [4.78, 5) is 2.56. The summed E-state index contributed by atoms with van der Waals surface area (Å²) in [5, 5.41) is 0. The molecule has 3 rings (SSSR count). The van der Waals surface area contributed by atoms with Crippen LogP contribution in [0, 0.1) is 5.92 Å². The summed E-state index contributed by atoms with van der Waals surface area (Å²) in [6, 6.07) is 11.8. The van der Waals surface area contributed by atoms with Gasteiger partial charge >= 0.3 is 0 Å². The van der Waals surface area contributed by atoms with E-state index < -0.39 is 0 Å². The average Bonchev–Trinajstić information content (AvgIpc) is 2.75. The van der Waals surface area contributed by atoms with E-state index in [4.69, 9.17) is 5.73 Å². The molecule has 0 radical (unpaired) electrons. The molecule has 1 aliphatic heterocycles. The predicted octanol–water partition coefficient (Wildman–Crippen LogP) is 1.61. The van der Waals surface area contributed by atoms with E-state index >= 15 is 0 Å². The highest BCUT2D eigenvalue weighted by atomic mass is 15.2. The van der Waals surface area contributed by atoms with Crippen LogP contribution in [0.25, 0.3) is 0 Å². The van der Waals surface area contributed by atoms with Gasteiger partial charge < -0.3 is 5.73 Å². The summed E-state index contributed by atoms with van der Waals surface area (Å²) in [5.41, 5.74) is 7.60. The maximum Gasteiger partial charge on any atom is 0.0254 e. The molecule has 1 aromatic rings. The van der Waals surface area contributed by atoms with E-state index in [9.17, 15) is 0 Å². The molecule has 2 nitrogen and oxygen atoms in total. The molecule has 15 heavy (non-hydrogen) atoms. The van der Waals surface area contributed by atoms with Gasteiger partial charge in [0.2, 0.25) is 0 Å². The minimum atomic E-state index is 0.439. The molecule has 1 saturated carbocycles. The first-order valence-electron chi connectivity index (χ1n) is 5.88. The molecule has 2 heteroatoms. The Balaban J connectivity index is 1.71.